The molecule has 0 aliphatic rings. The molecule has 0 radical (unpaired) electrons. The largest absolute Gasteiger partial charge is 0.480 e. The van der Waals surface area contributed by atoms with Gasteiger partial charge in [-0.1, -0.05) is 30.3 Å². The molecule has 74 valence electrons. The highest BCUT2D eigenvalue weighted by atomic mass is 16.4. The minimum absolute atomic E-state index is 0.626. The van der Waals surface area contributed by atoms with Crippen molar-refractivity contribution in [3.05, 3.63) is 35.9 Å². The van der Waals surface area contributed by atoms with Crippen molar-refractivity contribution in [2.45, 2.75) is 12.9 Å². The average Bonchev–Trinajstić information content (AvgIpc) is 2.15. The third kappa shape index (κ3) is 2.87. The van der Waals surface area contributed by atoms with Gasteiger partial charge in [-0.3, -0.25) is 4.79 Å². The molecule has 0 bridgehead atoms. The zero-order chi connectivity index (χ0) is 10.6. The third-order valence-electron chi connectivity index (χ3n) is 1.79. The van der Waals surface area contributed by atoms with Crippen LogP contribution in [-0.4, -0.2) is 23.2 Å². The SMILES string of the molecule is CB(O)N[C@H](C(=O)O)c1ccccc1. The van der Waals surface area contributed by atoms with Crippen molar-refractivity contribution in [2.24, 2.45) is 0 Å². The predicted molar refractivity (Wildman–Crippen MR) is 53.8 cm³/mol. The molecule has 0 fully saturated rings. The molecular formula is C9H12BNO3. The average molecular weight is 193 g/mol. The van der Waals surface area contributed by atoms with Gasteiger partial charge < -0.3 is 15.4 Å². The molecule has 0 aliphatic heterocycles. The van der Waals surface area contributed by atoms with Crippen molar-refractivity contribution in [2.75, 3.05) is 0 Å². The molecule has 14 heavy (non-hydrogen) atoms. The zero-order valence-corrected chi connectivity index (χ0v) is 7.84. The summed E-state index contributed by atoms with van der Waals surface area (Å²) in [6, 6.07) is 7.87. The van der Waals surface area contributed by atoms with Crippen LogP contribution in [-0.2, 0) is 4.79 Å². The van der Waals surface area contributed by atoms with E-state index in [1.54, 1.807) is 24.3 Å². The Morgan fingerprint density at radius 2 is 2.00 bits per heavy atom. The number of nitrogens with one attached hydrogen (secondary N) is 1. The van der Waals surface area contributed by atoms with E-state index in [0.717, 1.165) is 0 Å². The van der Waals surface area contributed by atoms with Crippen molar-refractivity contribution in [3.8, 4) is 0 Å². The first kappa shape index (κ1) is 10.8. The third-order valence-corrected chi connectivity index (χ3v) is 1.79. The van der Waals surface area contributed by atoms with Gasteiger partial charge in [0.25, 0.3) is 0 Å². The van der Waals surface area contributed by atoms with E-state index >= 15 is 0 Å². The van der Waals surface area contributed by atoms with Crippen LogP contribution in [0.5, 0.6) is 0 Å². The van der Waals surface area contributed by atoms with Crippen LogP contribution in [0, 0.1) is 0 Å². The van der Waals surface area contributed by atoms with Gasteiger partial charge in [-0.05, 0) is 12.4 Å². The van der Waals surface area contributed by atoms with Crippen LogP contribution in [0.25, 0.3) is 0 Å². The van der Waals surface area contributed by atoms with Crippen LogP contribution in [0.15, 0.2) is 30.3 Å². The van der Waals surface area contributed by atoms with E-state index in [1.165, 1.54) is 6.82 Å². The molecule has 1 aromatic rings. The fraction of sp³-hybridized carbons (Fsp3) is 0.222. The first-order valence-corrected chi connectivity index (χ1v) is 4.33. The Morgan fingerprint density at radius 3 is 2.43 bits per heavy atom. The number of carboxylic acid groups (broad SMARTS) is 1. The lowest BCUT2D eigenvalue weighted by atomic mass is 9.86. The summed E-state index contributed by atoms with van der Waals surface area (Å²) in [6.45, 7) is 1.48. The molecule has 0 aliphatic carbocycles. The van der Waals surface area contributed by atoms with Crippen LogP contribution in [0.1, 0.15) is 11.6 Å². The zero-order valence-electron chi connectivity index (χ0n) is 7.84. The van der Waals surface area contributed by atoms with Gasteiger partial charge in [0, 0.05) is 0 Å². The maximum Gasteiger partial charge on any atom is 0.374 e. The number of hydrogen-bond donors (Lipinski definition) is 3. The Balaban J connectivity index is 2.84. The molecule has 5 heteroatoms. The van der Waals surface area contributed by atoms with E-state index in [4.69, 9.17) is 10.1 Å². The summed E-state index contributed by atoms with van der Waals surface area (Å²) < 4.78 is 0. The second kappa shape index (κ2) is 4.78. The van der Waals surface area contributed by atoms with Crippen LogP contribution in [0.2, 0.25) is 6.82 Å². The van der Waals surface area contributed by atoms with E-state index < -0.39 is 19.1 Å². The Labute approximate surface area is 82.7 Å². The van der Waals surface area contributed by atoms with E-state index in [9.17, 15) is 4.79 Å². The van der Waals surface area contributed by atoms with Gasteiger partial charge >= 0.3 is 13.0 Å². The van der Waals surface area contributed by atoms with Crippen molar-refractivity contribution in [3.63, 3.8) is 0 Å². The van der Waals surface area contributed by atoms with Gasteiger partial charge in [0.2, 0.25) is 0 Å². The molecule has 1 rings (SSSR count). The quantitative estimate of drug-likeness (QED) is 0.609. The topological polar surface area (TPSA) is 69.6 Å². The Hall–Kier alpha value is -1.33. The monoisotopic (exact) mass is 193 g/mol. The van der Waals surface area contributed by atoms with Gasteiger partial charge in [0.15, 0.2) is 0 Å². The first-order valence-electron chi connectivity index (χ1n) is 4.33. The summed E-state index contributed by atoms with van der Waals surface area (Å²) in [5.74, 6) is -1.00. The smallest absolute Gasteiger partial charge is 0.374 e. The number of carboxylic acids is 1. The Kier molecular flexibility index (Phi) is 3.68. The van der Waals surface area contributed by atoms with Gasteiger partial charge in [-0.15, -0.1) is 0 Å². The van der Waals surface area contributed by atoms with E-state index in [2.05, 4.69) is 5.23 Å². The maximum atomic E-state index is 10.9. The molecule has 0 saturated carbocycles. The minimum Gasteiger partial charge on any atom is -0.480 e. The molecule has 0 unspecified atom stereocenters. The number of aliphatic carboxylic acids is 1. The lowest BCUT2D eigenvalue weighted by Gasteiger charge is -2.14. The fourth-order valence-corrected chi connectivity index (χ4v) is 1.20. The second-order valence-corrected chi connectivity index (χ2v) is 3.02. The number of carbonyl (C=O) groups is 1. The highest BCUT2D eigenvalue weighted by Crippen LogP contribution is 2.12. The van der Waals surface area contributed by atoms with E-state index in [1.807, 2.05) is 6.07 Å². The van der Waals surface area contributed by atoms with Crippen LogP contribution < -0.4 is 5.23 Å². The van der Waals surface area contributed by atoms with Crippen molar-refractivity contribution in [1.29, 1.82) is 0 Å². The lowest BCUT2D eigenvalue weighted by molar-refractivity contribution is -0.139. The molecule has 0 amide bonds. The van der Waals surface area contributed by atoms with E-state index in [0.29, 0.717) is 5.56 Å². The summed E-state index contributed by atoms with van der Waals surface area (Å²) in [6.07, 6.45) is 0. The Morgan fingerprint density at radius 1 is 1.43 bits per heavy atom. The molecular weight excluding hydrogens is 181 g/mol. The van der Waals surface area contributed by atoms with Crippen LogP contribution in [0.4, 0.5) is 0 Å². The number of benzene rings is 1. The second-order valence-electron chi connectivity index (χ2n) is 3.02. The van der Waals surface area contributed by atoms with Crippen LogP contribution in [0.3, 0.4) is 0 Å². The Bertz CT molecular complexity index is 302. The predicted octanol–water partition coefficient (Wildman–Crippen LogP) is 0.512. The fourth-order valence-electron chi connectivity index (χ4n) is 1.20. The number of rotatable bonds is 4. The maximum absolute atomic E-state index is 10.9. The molecule has 0 saturated heterocycles. The van der Waals surface area contributed by atoms with Gasteiger partial charge in [-0.25, -0.2) is 0 Å². The van der Waals surface area contributed by atoms with Crippen LogP contribution >= 0.6 is 0 Å². The minimum atomic E-state index is -1.00. The van der Waals surface area contributed by atoms with E-state index in [-0.39, 0.29) is 0 Å². The highest BCUT2D eigenvalue weighted by Gasteiger charge is 2.21. The summed E-state index contributed by atoms with van der Waals surface area (Å²) in [5, 5.41) is 20.5. The van der Waals surface area contributed by atoms with Gasteiger partial charge in [-0.2, -0.15) is 0 Å². The molecule has 0 spiro atoms. The standard InChI is InChI=1S/C9H12BNO3/c1-10(14)11-8(9(12)13)7-5-3-2-4-6-7/h2-6,8,11,14H,1H3,(H,12,13)/t8-/m0/s1. The summed E-state index contributed by atoms with van der Waals surface area (Å²) in [7, 11) is -0.851. The summed E-state index contributed by atoms with van der Waals surface area (Å²) in [4.78, 5) is 10.9. The molecule has 1 aromatic carbocycles. The van der Waals surface area contributed by atoms with Crippen molar-refractivity contribution >= 4 is 13.0 Å². The number of hydrogen-bond acceptors (Lipinski definition) is 3. The molecule has 0 aromatic heterocycles. The van der Waals surface area contributed by atoms with Crippen molar-refractivity contribution < 1.29 is 14.9 Å². The summed E-state index contributed by atoms with van der Waals surface area (Å²) >= 11 is 0. The highest BCUT2D eigenvalue weighted by molar-refractivity contribution is 6.45. The normalized spacial score (nSPS) is 12.1. The molecule has 4 nitrogen and oxygen atoms in total. The lowest BCUT2D eigenvalue weighted by Crippen LogP contribution is -2.38. The summed E-state index contributed by atoms with van der Waals surface area (Å²) in [5.41, 5.74) is 0.626. The van der Waals surface area contributed by atoms with Crippen molar-refractivity contribution in [1.82, 2.24) is 5.23 Å². The molecule has 0 heterocycles. The van der Waals surface area contributed by atoms with Gasteiger partial charge in [0.1, 0.15) is 6.04 Å². The molecule has 3 N–H and O–H groups in total. The van der Waals surface area contributed by atoms with Gasteiger partial charge in [0.05, 0.1) is 0 Å². The molecule has 1 atom stereocenters. The first-order chi connectivity index (χ1) is 6.61.